The number of esters is 1. The first-order valence-corrected chi connectivity index (χ1v) is 10.3. The topological polar surface area (TPSA) is 94.1 Å². The second-order valence-corrected chi connectivity index (χ2v) is 7.57. The van der Waals surface area contributed by atoms with E-state index < -0.39 is 5.97 Å². The Balaban J connectivity index is 1.38. The summed E-state index contributed by atoms with van der Waals surface area (Å²) in [5, 5.41) is 0.498. The van der Waals surface area contributed by atoms with Gasteiger partial charge in [-0.2, -0.15) is 0 Å². The number of ether oxygens (including phenoxy) is 1. The van der Waals surface area contributed by atoms with E-state index in [0.717, 1.165) is 17.1 Å². The van der Waals surface area contributed by atoms with Gasteiger partial charge in [0.05, 0.1) is 17.3 Å². The molecule has 162 valence electrons. The van der Waals surface area contributed by atoms with Gasteiger partial charge in [-0.05, 0) is 44.2 Å². The zero-order valence-corrected chi connectivity index (χ0v) is 17.9. The van der Waals surface area contributed by atoms with Crippen molar-refractivity contribution in [1.82, 2.24) is 14.5 Å². The highest BCUT2D eigenvalue weighted by atomic mass is 16.5. The molecule has 0 saturated heterocycles. The Labute approximate surface area is 184 Å². The molecule has 0 radical (unpaired) electrons. The Kier molecular flexibility index (Phi) is 5.98. The number of nitrogens with zero attached hydrogens (tertiary/aromatic N) is 2. The van der Waals surface area contributed by atoms with Crippen molar-refractivity contribution < 1.29 is 14.3 Å². The van der Waals surface area contributed by atoms with Gasteiger partial charge in [-0.15, -0.1) is 0 Å². The minimum Gasteiger partial charge on any atom is -0.457 e. The minimum atomic E-state index is -0.522. The number of aromatic nitrogens is 3. The van der Waals surface area contributed by atoms with Crippen LogP contribution in [0.1, 0.15) is 34.0 Å². The van der Waals surface area contributed by atoms with Crippen LogP contribution < -0.4 is 5.56 Å². The molecule has 1 N–H and O–H groups in total. The third kappa shape index (κ3) is 4.37. The number of ketones is 1. The van der Waals surface area contributed by atoms with Crippen LogP contribution in [0.2, 0.25) is 0 Å². The summed E-state index contributed by atoms with van der Waals surface area (Å²) >= 11 is 0. The van der Waals surface area contributed by atoms with Crippen LogP contribution in [-0.4, -0.2) is 32.9 Å². The van der Waals surface area contributed by atoms with Crippen LogP contribution in [0.25, 0.3) is 16.6 Å². The molecule has 4 rings (SSSR count). The van der Waals surface area contributed by atoms with E-state index in [4.69, 9.17) is 4.74 Å². The van der Waals surface area contributed by atoms with Gasteiger partial charge >= 0.3 is 5.97 Å². The fourth-order valence-electron chi connectivity index (χ4n) is 3.79. The number of aryl methyl sites for hydroxylation is 2. The molecule has 0 aliphatic heterocycles. The predicted molar refractivity (Wildman–Crippen MR) is 121 cm³/mol. The van der Waals surface area contributed by atoms with E-state index >= 15 is 0 Å². The van der Waals surface area contributed by atoms with Gasteiger partial charge in [0.15, 0.2) is 6.61 Å². The zero-order chi connectivity index (χ0) is 22.7. The summed E-state index contributed by atoms with van der Waals surface area (Å²) in [7, 11) is 0. The summed E-state index contributed by atoms with van der Waals surface area (Å²) in [6.07, 6.45) is 0.229. The van der Waals surface area contributed by atoms with Crippen LogP contribution in [0.15, 0.2) is 65.5 Å². The highest BCUT2D eigenvalue weighted by Gasteiger charge is 2.18. The van der Waals surface area contributed by atoms with E-state index in [9.17, 15) is 14.4 Å². The lowest BCUT2D eigenvalue weighted by Gasteiger charge is -2.09. The molecule has 2 heterocycles. The molecule has 4 aromatic rings. The number of nitrogens with one attached hydrogen (secondary N) is 1. The molecule has 0 aliphatic rings. The normalized spacial score (nSPS) is 10.9. The number of carbonyl (C=O) groups excluding carboxylic acids is 2. The third-order valence-corrected chi connectivity index (χ3v) is 5.34. The van der Waals surface area contributed by atoms with Crippen LogP contribution in [0, 0.1) is 13.8 Å². The zero-order valence-electron chi connectivity index (χ0n) is 17.9. The van der Waals surface area contributed by atoms with Gasteiger partial charge < -0.3 is 14.3 Å². The second-order valence-electron chi connectivity index (χ2n) is 7.57. The smallest absolute Gasteiger partial charge is 0.306 e. The Morgan fingerprint density at radius 3 is 2.53 bits per heavy atom. The van der Waals surface area contributed by atoms with Gasteiger partial charge in [0, 0.05) is 29.1 Å². The monoisotopic (exact) mass is 429 g/mol. The molecular formula is C25H23N3O4. The molecule has 0 unspecified atom stereocenters. The van der Waals surface area contributed by atoms with Crippen molar-refractivity contribution in [2.24, 2.45) is 0 Å². The lowest BCUT2D eigenvalue weighted by atomic mass is 10.1. The summed E-state index contributed by atoms with van der Waals surface area (Å²) in [4.78, 5) is 44.0. The number of aromatic amines is 1. The van der Waals surface area contributed by atoms with Crippen LogP contribution in [0.5, 0.6) is 0 Å². The van der Waals surface area contributed by atoms with Crippen molar-refractivity contribution in [3.8, 4) is 5.69 Å². The Hall–Kier alpha value is -4.00. The maximum Gasteiger partial charge on any atom is 0.306 e. The van der Waals surface area contributed by atoms with Gasteiger partial charge in [0.2, 0.25) is 5.78 Å². The van der Waals surface area contributed by atoms with E-state index in [-0.39, 0.29) is 30.8 Å². The van der Waals surface area contributed by atoms with E-state index in [1.54, 1.807) is 24.3 Å². The number of hydrogen-bond donors (Lipinski definition) is 1. The predicted octanol–water partition coefficient (Wildman–Crippen LogP) is 3.69. The van der Waals surface area contributed by atoms with E-state index in [2.05, 4.69) is 9.97 Å². The number of rotatable bonds is 7. The SMILES string of the molecule is Cc1cc(C(=O)COC(=O)CCc2nc3ccccc3c(=O)[nH]2)c(C)n1-c1ccccc1. The molecular weight excluding hydrogens is 406 g/mol. The fourth-order valence-corrected chi connectivity index (χ4v) is 3.79. The average Bonchev–Trinajstić information content (AvgIpc) is 3.10. The standard InChI is InChI=1S/C25H23N3O4/c1-16-14-20(17(2)28(16)18-8-4-3-5-9-18)22(29)15-32-24(30)13-12-23-26-21-11-7-6-10-19(21)25(31)27-23/h3-11,14H,12-13,15H2,1-2H3,(H,26,27,31). The van der Waals surface area contributed by atoms with E-state index in [1.165, 1.54) is 0 Å². The molecule has 7 nitrogen and oxygen atoms in total. The van der Waals surface area contributed by atoms with Gasteiger partial charge in [-0.25, -0.2) is 4.98 Å². The van der Waals surface area contributed by atoms with Crippen LogP contribution in [0.4, 0.5) is 0 Å². The maximum atomic E-state index is 12.7. The van der Waals surface area contributed by atoms with E-state index in [0.29, 0.717) is 22.3 Å². The Morgan fingerprint density at radius 1 is 1.03 bits per heavy atom. The quantitative estimate of drug-likeness (QED) is 0.357. The molecule has 0 fully saturated rings. The molecule has 2 aromatic carbocycles. The van der Waals surface area contributed by atoms with Crippen LogP contribution in [-0.2, 0) is 16.0 Å². The first kappa shape index (κ1) is 21.2. The van der Waals surface area contributed by atoms with E-state index in [1.807, 2.05) is 54.8 Å². The number of fused-ring (bicyclic) bond motifs is 1. The highest BCUT2D eigenvalue weighted by molar-refractivity contribution is 5.99. The van der Waals surface area contributed by atoms with Gasteiger partial charge in [0.1, 0.15) is 5.82 Å². The number of Topliss-reactive ketones (excluding diaryl/α,β-unsaturated/α-hetero) is 1. The first-order valence-electron chi connectivity index (χ1n) is 10.3. The van der Waals surface area contributed by atoms with Crippen molar-refractivity contribution in [2.75, 3.05) is 6.61 Å². The number of para-hydroxylation sites is 2. The van der Waals surface area contributed by atoms with Crippen molar-refractivity contribution in [3.63, 3.8) is 0 Å². The molecule has 0 atom stereocenters. The molecule has 32 heavy (non-hydrogen) atoms. The summed E-state index contributed by atoms with van der Waals surface area (Å²) in [5.74, 6) is -0.375. The summed E-state index contributed by atoms with van der Waals surface area (Å²) < 4.78 is 7.19. The molecule has 7 heteroatoms. The Bertz CT molecular complexity index is 1350. The number of benzene rings is 2. The van der Waals surface area contributed by atoms with Gasteiger partial charge in [0.25, 0.3) is 5.56 Å². The third-order valence-electron chi connectivity index (χ3n) is 5.34. The average molecular weight is 429 g/mol. The van der Waals surface area contributed by atoms with Crippen molar-refractivity contribution in [3.05, 3.63) is 93.8 Å². The lowest BCUT2D eigenvalue weighted by Crippen LogP contribution is -2.17. The largest absolute Gasteiger partial charge is 0.457 e. The highest BCUT2D eigenvalue weighted by Crippen LogP contribution is 2.21. The molecule has 0 spiro atoms. The first-order chi connectivity index (χ1) is 15.4. The molecule has 0 bridgehead atoms. The van der Waals surface area contributed by atoms with Crippen molar-refractivity contribution in [1.29, 1.82) is 0 Å². The number of carbonyl (C=O) groups is 2. The summed E-state index contributed by atoms with van der Waals surface area (Å²) in [6, 6.07) is 18.6. The summed E-state index contributed by atoms with van der Waals surface area (Å²) in [5.41, 5.74) is 3.55. The van der Waals surface area contributed by atoms with Crippen LogP contribution >= 0.6 is 0 Å². The van der Waals surface area contributed by atoms with Gasteiger partial charge in [-0.3, -0.25) is 14.4 Å². The fraction of sp³-hybridized carbons (Fsp3) is 0.200. The van der Waals surface area contributed by atoms with Gasteiger partial charge in [-0.1, -0.05) is 30.3 Å². The lowest BCUT2D eigenvalue weighted by molar-refractivity contribution is -0.142. The second kappa shape index (κ2) is 9.01. The van der Waals surface area contributed by atoms with Crippen molar-refractivity contribution in [2.45, 2.75) is 26.7 Å². The van der Waals surface area contributed by atoms with Crippen molar-refractivity contribution >= 4 is 22.7 Å². The minimum absolute atomic E-state index is 0.0115. The molecule has 0 amide bonds. The van der Waals surface area contributed by atoms with Crippen LogP contribution in [0.3, 0.4) is 0 Å². The molecule has 0 aliphatic carbocycles. The Morgan fingerprint density at radius 2 is 1.75 bits per heavy atom. The number of hydrogen-bond acceptors (Lipinski definition) is 5. The summed E-state index contributed by atoms with van der Waals surface area (Å²) in [6.45, 7) is 3.47. The maximum absolute atomic E-state index is 12.7. The number of H-pyrrole nitrogens is 1. The molecule has 2 aromatic heterocycles. The molecule has 0 saturated carbocycles.